The molecule has 7 nitrogen and oxygen atoms in total. The Hall–Kier alpha value is -1.89. The molecule has 1 saturated carbocycles. The molecule has 0 amide bonds. The lowest BCUT2D eigenvalue weighted by molar-refractivity contribution is -0.0929. The molecule has 2 unspecified atom stereocenters. The largest absolute Gasteiger partial charge is 0.328 e. The number of aromatic nitrogens is 2. The van der Waals surface area contributed by atoms with Crippen molar-refractivity contribution < 1.29 is 4.84 Å². The fourth-order valence-electron chi connectivity index (χ4n) is 3.52. The van der Waals surface area contributed by atoms with Gasteiger partial charge in [-0.25, -0.2) is 20.1 Å². The minimum atomic E-state index is -0.587. The van der Waals surface area contributed by atoms with Crippen molar-refractivity contribution in [3.63, 3.8) is 0 Å². The SMILES string of the molecule is Cc1c(C2=NC3(CCCC(C(C)C)C3)ON2)c(=O)[nH]c(=O)n1C. The molecule has 2 atom stereocenters. The van der Waals surface area contributed by atoms with Crippen molar-refractivity contribution in [2.24, 2.45) is 23.9 Å². The number of aromatic amines is 1. The summed E-state index contributed by atoms with van der Waals surface area (Å²) in [5, 5.41) is 0. The molecule has 126 valence electrons. The van der Waals surface area contributed by atoms with Crippen LogP contribution in [0.3, 0.4) is 0 Å². The number of aliphatic imine (C=N–C) groups is 1. The van der Waals surface area contributed by atoms with Crippen LogP contribution < -0.4 is 16.7 Å². The fraction of sp³-hybridized carbons (Fsp3) is 0.688. The molecule has 1 spiro atoms. The minimum Gasteiger partial charge on any atom is -0.300 e. The molecule has 0 saturated heterocycles. The van der Waals surface area contributed by atoms with Crippen molar-refractivity contribution in [2.75, 3.05) is 0 Å². The Morgan fingerprint density at radius 2 is 2.13 bits per heavy atom. The van der Waals surface area contributed by atoms with Gasteiger partial charge in [-0.1, -0.05) is 13.8 Å². The summed E-state index contributed by atoms with van der Waals surface area (Å²) in [6, 6.07) is 0. The monoisotopic (exact) mass is 320 g/mol. The summed E-state index contributed by atoms with van der Waals surface area (Å²) >= 11 is 0. The van der Waals surface area contributed by atoms with Crippen LogP contribution in [-0.4, -0.2) is 21.1 Å². The highest BCUT2D eigenvalue weighted by Gasteiger charge is 2.43. The highest BCUT2D eigenvalue weighted by molar-refractivity contribution is 5.99. The van der Waals surface area contributed by atoms with E-state index >= 15 is 0 Å². The summed E-state index contributed by atoms with van der Waals surface area (Å²) in [5.74, 6) is 1.56. The molecule has 7 heteroatoms. The summed E-state index contributed by atoms with van der Waals surface area (Å²) in [7, 11) is 1.62. The first kappa shape index (κ1) is 16.0. The third-order valence-corrected chi connectivity index (χ3v) is 5.17. The maximum atomic E-state index is 12.2. The van der Waals surface area contributed by atoms with Crippen LogP contribution in [0, 0.1) is 18.8 Å². The predicted octanol–water partition coefficient (Wildman–Crippen LogP) is 1.21. The molecule has 23 heavy (non-hydrogen) atoms. The van der Waals surface area contributed by atoms with Crippen molar-refractivity contribution in [2.45, 2.75) is 52.2 Å². The molecule has 3 rings (SSSR count). The van der Waals surface area contributed by atoms with Crippen LogP contribution in [0.5, 0.6) is 0 Å². The fourth-order valence-corrected chi connectivity index (χ4v) is 3.52. The molecule has 2 N–H and O–H groups in total. The van der Waals surface area contributed by atoms with Gasteiger partial charge in [0.05, 0.1) is 0 Å². The summed E-state index contributed by atoms with van der Waals surface area (Å²) in [6.45, 7) is 6.18. The summed E-state index contributed by atoms with van der Waals surface area (Å²) in [6.07, 6.45) is 3.94. The zero-order chi connectivity index (χ0) is 16.8. The van der Waals surface area contributed by atoms with E-state index in [-0.39, 0.29) is 0 Å². The van der Waals surface area contributed by atoms with Gasteiger partial charge in [0.1, 0.15) is 5.56 Å². The number of nitrogens with zero attached hydrogens (tertiary/aromatic N) is 2. The standard InChI is InChI=1S/C16H24N4O3/c1-9(2)11-6-5-7-16(8-11)18-13(19-23-16)12-10(3)20(4)15(22)17-14(12)21/h9,11H,5-8H2,1-4H3,(H,18,19)(H,17,21,22). The molecule has 0 bridgehead atoms. The second kappa shape index (κ2) is 5.63. The zero-order valence-corrected chi connectivity index (χ0v) is 14.1. The molecule has 1 aromatic rings. The van der Waals surface area contributed by atoms with E-state index in [1.807, 2.05) is 0 Å². The van der Waals surface area contributed by atoms with Crippen LogP contribution in [0.1, 0.15) is 50.8 Å². The van der Waals surface area contributed by atoms with Gasteiger partial charge >= 0.3 is 5.69 Å². The van der Waals surface area contributed by atoms with E-state index in [0.29, 0.717) is 28.9 Å². The van der Waals surface area contributed by atoms with Crippen molar-refractivity contribution in [1.29, 1.82) is 0 Å². The molecular weight excluding hydrogens is 296 g/mol. The van der Waals surface area contributed by atoms with Crippen LogP contribution in [0.25, 0.3) is 0 Å². The quantitative estimate of drug-likeness (QED) is 0.857. The van der Waals surface area contributed by atoms with Crippen molar-refractivity contribution in [3.8, 4) is 0 Å². The lowest BCUT2D eigenvalue weighted by atomic mass is 9.77. The average Bonchev–Trinajstić information content (AvgIpc) is 2.88. The summed E-state index contributed by atoms with van der Waals surface area (Å²) in [5.41, 5.74) is 2.33. The predicted molar refractivity (Wildman–Crippen MR) is 87.3 cm³/mol. The van der Waals surface area contributed by atoms with Crippen molar-refractivity contribution >= 4 is 5.84 Å². The summed E-state index contributed by atoms with van der Waals surface area (Å²) < 4.78 is 1.41. The second-order valence-electron chi connectivity index (χ2n) is 6.99. The van der Waals surface area contributed by atoms with E-state index in [9.17, 15) is 9.59 Å². The molecular formula is C16H24N4O3. The number of hydrogen-bond acceptors (Lipinski definition) is 5. The highest BCUT2D eigenvalue weighted by Crippen LogP contribution is 2.41. The first-order valence-electron chi connectivity index (χ1n) is 8.17. The number of nitrogens with one attached hydrogen (secondary N) is 2. The Kier molecular flexibility index (Phi) is 3.91. The first-order valence-corrected chi connectivity index (χ1v) is 8.17. The van der Waals surface area contributed by atoms with Gasteiger partial charge < -0.3 is 4.57 Å². The van der Waals surface area contributed by atoms with E-state index in [0.717, 1.165) is 19.3 Å². The lowest BCUT2D eigenvalue weighted by Crippen LogP contribution is -2.38. The Morgan fingerprint density at radius 1 is 1.39 bits per heavy atom. The van der Waals surface area contributed by atoms with Gasteiger partial charge in [-0.2, -0.15) is 0 Å². The van der Waals surface area contributed by atoms with Crippen LogP contribution in [0.4, 0.5) is 0 Å². The molecule has 0 radical (unpaired) electrons. The number of hydrogen-bond donors (Lipinski definition) is 2. The number of amidine groups is 1. The van der Waals surface area contributed by atoms with Crippen molar-refractivity contribution in [3.05, 3.63) is 32.1 Å². The van der Waals surface area contributed by atoms with E-state index in [2.05, 4.69) is 24.3 Å². The number of rotatable bonds is 2. The number of hydroxylamine groups is 1. The van der Waals surface area contributed by atoms with Gasteiger partial charge in [-0.15, -0.1) is 0 Å². The van der Waals surface area contributed by atoms with Gasteiger partial charge in [-0.3, -0.25) is 9.78 Å². The first-order chi connectivity index (χ1) is 10.8. The third kappa shape index (κ3) is 2.73. The molecule has 2 heterocycles. The van der Waals surface area contributed by atoms with Gasteiger partial charge in [-0.05, 0) is 38.0 Å². The molecule has 2 aliphatic rings. The highest BCUT2D eigenvalue weighted by atomic mass is 16.7. The Morgan fingerprint density at radius 3 is 2.83 bits per heavy atom. The van der Waals surface area contributed by atoms with Gasteiger partial charge in [0, 0.05) is 19.2 Å². The average molecular weight is 320 g/mol. The van der Waals surface area contributed by atoms with E-state index in [4.69, 9.17) is 9.83 Å². The maximum Gasteiger partial charge on any atom is 0.328 e. The summed E-state index contributed by atoms with van der Waals surface area (Å²) in [4.78, 5) is 36.7. The van der Waals surface area contributed by atoms with E-state index < -0.39 is 17.0 Å². The van der Waals surface area contributed by atoms with Crippen molar-refractivity contribution in [1.82, 2.24) is 15.0 Å². The van der Waals surface area contributed by atoms with Crippen LogP contribution in [0.2, 0.25) is 0 Å². The third-order valence-electron chi connectivity index (χ3n) is 5.17. The van der Waals surface area contributed by atoms with Crippen LogP contribution >= 0.6 is 0 Å². The molecule has 1 aliphatic heterocycles. The Bertz CT molecular complexity index is 762. The zero-order valence-electron chi connectivity index (χ0n) is 14.1. The van der Waals surface area contributed by atoms with E-state index in [1.54, 1.807) is 14.0 Å². The van der Waals surface area contributed by atoms with Crippen LogP contribution in [-0.2, 0) is 11.9 Å². The van der Waals surface area contributed by atoms with Gasteiger partial charge in [0.2, 0.25) is 0 Å². The molecule has 1 fully saturated rings. The maximum absolute atomic E-state index is 12.2. The Labute approximate surface area is 134 Å². The van der Waals surface area contributed by atoms with E-state index in [1.165, 1.54) is 11.0 Å². The molecule has 0 aromatic carbocycles. The minimum absolute atomic E-state index is 0.371. The van der Waals surface area contributed by atoms with Gasteiger partial charge in [0.25, 0.3) is 5.56 Å². The Balaban J connectivity index is 1.99. The normalized spacial score (nSPS) is 27.3. The van der Waals surface area contributed by atoms with Crippen LogP contribution in [0.15, 0.2) is 14.6 Å². The molecule has 1 aromatic heterocycles. The smallest absolute Gasteiger partial charge is 0.300 e. The van der Waals surface area contributed by atoms with Gasteiger partial charge in [0.15, 0.2) is 11.6 Å². The molecule has 1 aliphatic carbocycles. The topological polar surface area (TPSA) is 88.5 Å². The lowest BCUT2D eigenvalue weighted by Gasteiger charge is -2.35. The second-order valence-corrected chi connectivity index (χ2v) is 6.99. The number of H-pyrrole nitrogens is 1.